The standard InChI is InChI=1S/C6H15NO3.3H2O.O.V/c8-4-1-7(2-5-9)3-6-10;;;;;/h8-10H,1-6H2;3*1H2;;/q;;;;;+3/p-3. The third kappa shape index (κ3) is 24.9. The zero-order valence-corrected chi connectivity index (χ0v) is 9.63. The molecule has 0 unspecified atom stereocenters. The number of hydrogen-bond donors (Lipinski definition) is 6. The molecule has 0 saturated heterocycles. The zero-order chi connectivity index (χ0) is 12.3. The molecule has 0 aromatic rings. The normalized spacial score (nSPS) is 11.1. The topological polar surface area (TPSA) is 142 Å². The summed E-state index contributed by atoms with van der Waals surface area (Å²) < 4.78 is 30.7. The van der Waals surface area contributed by atoms with Crippen LogP contribution in [0.15, 0.2) is 0 Å². The Labute approximate surface area is 91.0 Å². The van der Waals surface area contributed by atoms with Gasteiger partial charge in [0.1, 0.15) is 0 Å². The molecule has 9 heteroatoms. The fourth-order valence-electron chi connectivity index (χ4n) is 0.760. The van der Waals surface area contributed by atoms with E-state index in [1.54, 1.807) is 4.90 Å². The molecule has 6 N–H and O–H groups in total. The summed E-state index contributed by atoms with van der Waals surface area (Å²) in [6.07, 6.45) is 0. The van der Waals surface area contributed by atoms with Gasteiger partial charge in [0.05, 0.1) is 19.8 Å². The van der Waals surface area contributed by atoms with Crippen LogP contribution in [0.1, 0.15) is 0 Å². The van der Waals surface area contributed by atoms with Gasteiger partial charge in [-0.05, 0) is 0 Å². The molecule has 0 rings (SSSR count). The molecule has 0 heterocycles. The van der Waals surface area contributed by atoms with E-state index in [4.69, 9.17) is 31.1 Å². The van der Waals surface area contributed by atoms with Crippen LogP contribution in [0.3, 0.4) is 0 Å². The summed E-state index contributed by atoms with van der Waals surface area (Å²) in [5.74, 6) is 0. The molecule has 0 bridgehead atoms. The monoisotopic (exact) mass is 267 g/mol. The van der Waals surface area contributed by atoms with Crippen LogP contribution in [0.25, 0.3) is 0 Å². The van der Waals surface area contributed by atoms with Crippen molar-refractivity contribution in [3.63, 3.8) is 0 Å². The van der Waals surface area contributed by atoms with Crippen molar-refractivity contribution >= 4 is 0 Å². The van der Waals surface area contributed by atoms with Gasteiger partial charge < -0.3 is 15.3 Å². The van der Waals surface area contributed by atoms with Gasteiger partial charge in [-0.3, -0.25) is 4.90 Å². The maximum atomic E-state index is 8.94. The second-order valence-corrected chi connectivity index (χ2v) is 4.13. The Morgan fingerprint density at radius 2 is 1.00 bits per heavy atom. The first kappa shape index (κ1) is 17.5. The van der Waals surface area contributed by atoms with Crippen molar-refractivity contribution in [1.29, 1.82) is 0 Å². The fraction of sp³-hybridized carbons (Fsp3) is 1.00. The Morgan fingerprint density at radius 3 is 1.13 bits per heavy atom. The molecule has 94 valence electrons. The van der Waals surface area contributed by atoms with Crippen LogP contribution >= 0.6 is 0 Å². The van der Waals surface area contributed by atoms with Gasteiger partial charge in [0.25, 0.3) is 0 Å². The van der Waals surface area contributed by atoms with Crippen molar-refractivity contribution < 1.29 is 46.1 Å². The Balaban J connectivity index is 0. The summed E-state index contributed by atoms with van der Waals surface area (Å²) in [5, 5.41) is 25.5. The van der Waals surface area contributed by atoms with E-state index in [-0.39, 0.29) is 19.8 Å². The minimum absolute atomic E-state index is 0.0694. The number of hydrogen-bond acceptors (Lipinski definition) is 5. The molecule has 8 nitrogen and oxygen atoms in total. The molecule has 0 atom stereocenters. The molecule has 15 heavy (non-hydrogen) atoms. The quantitative estimate of drug-likeness (QED) is 0.291. The summed E-state index contributed by atoms with van der Waals surface area (Å²) >= 11 is -5.12. The van der Waals surface area contributed by atoms with Crippen LogP contribution in [0, 0.1) is 0 Å². The van der Waals surface area contributed by atoms with E-state index < -0.39 is 15.0 Å². The number of rotatable bonds is 6. The van der Waals surface area contributed by atoms with Gasteiger partial charge in [-0.1, -0.05) is 0 Å². The van der Waals surface area contributed by atoms with E-state index in [9.17, 15) is 0 Å². The van der Waals surface area contributed by atoms with Crippen molar-refractivity contribution in [3.8, 4) is 0 Å². The van der Waals surface area contributed by atoms with Crippen LogP contribution in [0.5, 0.6) is 0 Å². The van der Waals surface area contributed by atoms with E-state index in [0.717, 1.165) is 0 Å². The summed E-state index contributed by atoms with van der Waals surface area (Å²) in [6.45, 7) is 1.75. The minimum atomic E-state index is -5.12. The van der Waals surface area contributed by atoms with Gasteiger partial charge >= 0.3 is 30.8 Å². The molecular weight excluding hydrogens is 249 g/mol. The van der Waals surface area contributed by atoms with Gasteiger partial charge in [-0.2, -0.15) is 0 Å². The van der Waals surface area contributed by atoms with Crippen molar-refractivity contribution in [2.75, 3.05) is 39.5 Å². The zero-order valence-electron chi connectivity index (χ0n) is 8.23. The van der Waals surface area contributed by atoms with E-state index in [1.807, 2.05) is 0 Å². The Kier molecular flexibility index (Phi) is 12.4. The molecule has 0 saturated carbocycles. The number of nitrogens with zero attached hydrogens (tertiary/aromatic N) is 1. The molecule has 0 amide bonds. The Bertz CT molecular complexity index is 150. The first-order chi connectivity index (χ1) is 6.85. The van der Waals surface area contributed by atoms with Gasteiger partial charge in [0, 0.05) is 19.6 Å². The van der Waals surface area contributed by atoms with Crippen molar-refractivity contribution in [2.24, 2.45) is 0 Å². The van der Waals surface area contributed by atoms with Crippen LogP contribution in [0.2, 0.25) is 0 Å². The van der Waals surface area contributed by atoms with Crippen molar-refractivity contribution in [1.82, 2.24) is 4.90 Å². The Morgan fingerprint density at radius 1 is 0.800 bits per heavy atom. The molecule has 0 fully saturated rings. The maximum absolute atomic E-state index is 8.94. The van der Waals surface area contributed by atoms with Gasteiger partial charge in [-0.25, -0.2) is 0 Å². The van der Waals surface area contributed by atoms with E-state index in [2.05, 4.69) is 0 Å². The van der Waals surface area contributed by atoms with E-state index in [0.29, 0.717) is 19.6 Å². The SMILES string of the molecule is OCCN(CCO)CCO.[O]=[V]([OH])([OH])[OH]. The van der Waals surface area contributed by atoms with Gasteiger partial charge in [0.2, 0.25) is 0 Å². The van der Waals surface area contributed by atoms with E-state index >= 15 is 0 Å². The molecule has 0 aromatic carbocycles. The molecule has 0 radical (unpaired) electrons. The first-order valence-corrected chi connectivity index (χ1v) is 6.62. The average Bonchev–Trinajstić information content (AvgIpc) is 2.02. The van der Waals surface area contributed by atoms with Crippen LogP contribution in [-0.2, 0) is 18.7 Å². The molecule has 0 spiro atoms. The second kappa shape index (κ2) is 10.6. The number of aliphatic hydroxyl groups excluding tert-OH is 3. The predicted octanol–water partition coefficient (Wildman–Crippen LogP) is -3.53. The molecular formula is C6H18NO7V. The third-order valence-corrected chi connectivity index (χ3v) is 1.25. The van der Waals surface area contributed by atoms with Crippen LogP contribution < -0.4 is 0 Å². The fourth-order valence-corrected chi connectivity index (χ4v) is 0.760. The predicted molar refractivity (Wildman–Crippen MR) is 45.0 cm³/mol. The summed E-state index contributed by atoms with van der Waals surface area (Å²) in [4.78, 5) is 1.79. The van der Waals surface area contributed by atoms with Gasteiger partial charge in [-0.15, -0.1) is 0 Å². The van der Waals surface area contributed by atoms with Crippen molar-refractivity contribution in [2.45, 2.75) is 0 Å². The molecule has 0 aliphatic heterocycles. The second-order valence-electron chi connectivity index (χ2n) is 2.53. The molecule has 0 aliphatic carbocycles. The average molecular weight is 267 g/mol. The molecule has 0 aromatic heterocycles. The summed E-state index contributed by atoms with van der Waals surface area (Å²) in [7, 11) is 0. The molecule has 0 aliphatic rings. The Hall–Kier alpha value is 0.104. The van der Waals surface area contributed by atoms with Crippen LogP contribution in [0.4, 0.5) is 0 Å². The third-order valence-electron chi connectivity index (χ3n) is 1.25. The van der Waals surface area contributed by atoms with E-state index in [1.165, 1.54) is 0 Å². The summed E-state index contributed by atoms with van der Waals surface area (Å²) in [6, 6.07) is 0. The summed E-state index contributed by atoms with van der Waals surface area (Å²) in [5.41, 5.74) is 0. The van der Waals surface area contributed by atoms with Crippen molar-refractivity contribution in [3.05, 3.63) is 0 Å². The van der Waals surface area contributed by atoms with Crippen LogP contribution in [-0.4, -0.2) is 71.8 Å². The number of aliphatic hydroxyl groups is 3. The first-order valence-electron chi connectivity index (χ1n) is 4.18. The van der Waals surface area contributed by atoms with Gasteiger partial charge in [0.15, 0.2) is 0 Å².